The number of fused-ring (bicyclic) bond motifs is 26. The van der Waals surface area contributed by atoms with Gasteiger partial charge in [0.05, 0.1) is 66.2 Å². The van der Waals surface area contributed by atoms with E-state index in [1.165, 1.54) is 121 Å². The van der Waals surface area contributed by atoms with Gasteiger partial charge in [0, 0.05) is 109 Å². The standard InChI is InChI=1S/C124H134N8/c1-113(2,3)61-37-59(38-62(41-61)114(4,5)6)93-85-55-77-95-73(43-65(117(13,14)15)47-81(95)121(25,26)27)99(109(77)125-85)89-51-69-71-53-91-101-75-45-67(119(19,20)21)49-83(123(31,32)33)97(75)79-57-87(127-111(79)101)94(60-39-63(115(7,8)9)42-64(40-60)116(10,11)12)88-58-80-98-76(46-68(120(22,23)24)50-84(98)124(34,35)36)102(112(80)128-88)92-54-72-70-52-90(130-106(70)103(105(69)129-89)104(107(71)131-91)108(72)132-92)100-74-44-66(118(16,17)18)48-82(122(28,29)30)96(74)78-56-86(93)126-110(78)100/h37-58,125,127,130,132H,1-36H3. The van der Waals surface area contributed by atoms with Crippen LogP contribution in [0.25, 0.3) is 229 Å². The lowest BCUT2D eigenvalue weighted by atomic mass is 9.78. The summed E-state index contributed by atoms with van der Waals surface area (Å²) in [5.74, 6) is 0. The quantitative estimate of drug-likeness (QED) is 0.138. The second-order valence-electron chi connectivity index (χ2n) is 52.9. The van der Waals surface area contributed by atoms with Gasteiger partial charge in [0.15, 0.2) is 0 Å². The molecule has 10 aromatic heterocycles. The lowest BCUT2D eigenvalue weighted by Gasteiger charge is -2.26. The third-order valence-corrected chi connectivity index (χ3v) is 30.5. The summed E-state index contributed by atoms with van der Waals surface area (Å²) in [5, 5.41) is 25.2. The molecule has 0 radical (unpaired) electrons. The van der Waals surface area contributed by atoms with E-state index in [0.29, 0.717) is 0 Å². The van der Waals surface area contributed by atoms with Gasteiger partial charge < -0.3 is 19.9 Å². The first-order valence-corrected chi connectivity index (χ1v) is 48.7. The molecule has 0 saturated carbocycles. The molecule has 0 aliphatic rings. The molecule has 132 heavy (non-hydrogen) atoms. The van der Waals surface area contributed by atoms with Crippen molar-refractivity contribution in [2.24, 2.45) is 0 Å². The van der Waals surface area contributed by atoms with Crippen LogP contribution < -0.4 is 0 Å². The van der Waals surface area contributed by atoms with Gasteiger partial charge in [-0.1, -0.05) is 310 Å². The summed E-state index contributed by atoms with van der Waals surface area (Å²) in [7, 11) is 0. The summed E-state index contributed by atoms with van der Waals surface area (Å²) in [6, 6.07) is 55.2. The van der Waals surface area contributed by atoms with Crippen molar-refractivity contribution in [2.75, 3.05) is 0 Å². The van der Waals surface area contributed by atoms with Gasteiger partial charge in [-0.25, -0.2) is 19.9 Å². The van der Waals surface area contributed by atoms with Crippen molar-refractivity contribution < 1.29 is 0 Å². The summed E-state index contributed by atoms with van der Waals surface area (Å²) in [6.07, 6.45) is 0. The van der Waals surface area contributed by atoms with E-state index in [1.54, 1.807) is 0 Å². The van der Waals surface area contributed by atoms with Gasteiger partial charge in [-0.05, 0) is 259 Å². The van der Waals surface area contributed by atoms with Crippen LogP contribution in [0.2, 0.25) is 0 Å². The monoisotopic (exact) mass is 1740 g/mol. The number of nitrogens with one attached hydrogen (secondary N) is 4. The minimum atomic E-state index is -0.277. The minimum Gasteiger partial charge on any atom is -0.354 e. The van der Waals surface area contributed by atoms with Crippen LogP contribution in [0.3, 0.4) is 0 Å². The molecule has 0 aliphatic carbocycles. The number of aromatic nitrogens is 8. The normalized spacial score (nSPS) is 14.4. The lowest BCUT2D eigenvalue weighted by molar-refractivity contribution is 0.568. The SMILES string of the molecule is CC(C)(C)c1cc(-c2c3cc4c(n3)c(c3cc5c6cc7[nH]c6c6c8nc(cc8c8cc(nc8c6c5[nH]3)c3c5cc(C(C)(C)C)cc(C(C)(C)C)c5c5cc2[nH]c53)c2c3cc(C(C)(C)C)cc(C(C)(C)C)c3c3cc([nH]c32)c(-c2cc(C(C)(C)C)cc(C(C)(C)C)c2)c2cc3c(n2)c7c2cc(C(C)(C)C)cc(C(C)(C)C)c32)c2cc(C(C)(C)C)cc(C(C)(C)C)c42)cc(C(C)(C)C)c1. The van der Waals surface area contributed by atoms with Gasteiger partial charge in [0.2, 0.25) is 0 Å². The van der Waals surface area contributed by atoms with Crippen LogP contribution in [0.1, 0.15) is 316 Å². The van der Waals surface area contributed by atoms with E-state index in [9.17, 15) is 0 Å². The van der Waals surface area contributed by atoms with Crippen LogP contribution in [0, 0.1) is 0 Å². The highest BCUT2D eigenvalue weighted by atomic mass is 14.8. The molecule has 22 aromatic rings. The molecule has 4 N–H and O–H groups in total. The Labute approximate surface area is 778 Å². The van der Waals surface area contributed by atoms with E-state index in [1.807, 2.05) is 0 Å². The van der Waals surface area contributed by atoms with Crippen molar-refractivity contribution in [2.45, 2.75) is 314 Å². The highest BCUT2D eigenvalue weighted by molar-refractivity contribution is 6.43. The van der Waals surface area contributed by atoms with Crippen molar-refractivity contribution in [1.29, 1.82) is 0 Å². The maximum absolute atomic E-state index is 6.52. The Morgan fingerprint density at radius 1 is 0.159 bits per heavy atom. The molecule has 0 atom stereocenters. The molecule has 10 heterocycles. The molecule has 0 fully saturated rings. The summed E-state index contributed by atoms with van der Waals surface area (Å²) in [4.78, 5) is 43.8. The largest absolute Gasteiger partial charge is 0.354 e. The van der Waals surface area contributed by atoms with Crippen molar-refractivity contribution in [3.8, 4) is 22.3 Å². The second kappa shape index (κ2) is 26.3. The highest BCUT2D eigenvalue weighted by Crippen LogP contribution is 2.57. The van der Waals surface area contributed by atoms with Crippen LogP contribution in [0.5, 0.6) is 0 Å². The Morgan fingerprint density at radius 2 is 0.379 bits per heavy atom. The smallest absolute Gasteiger partial charge is 0.0818 e. The van der Waals surface area contributed by atoms with Crippen LogP contribution in [0.4, 0.5) is 0 Å². The fourth-order valence-corrected chi connectivity index (χ4v) is 22.8. The maximum Gasteiger partial charge on any atom is 0.0818 e. The van der Waals surface area contributed by atoms with Gasteiger partial charge in [-0.3, -0.25) is 0 Å². The topological polar surface area (TPSA) is 115 Å². The Balaban J connectivity index is 1.07. The number of hydrogen-bond acceptors (Lipinski definition) is 4. The molecule has 8 nitrogen and oxygen atoms in total. The zero-order chi connectivity index (χ0) is 94.4. The predicted molar refractivity (Wildman–Crippen MR) is 576 cm³/mol. The molecule has 22 rings (SSSR count). The Morgan fingerprint density at radius 3 is 0.652 bits per heavy atom. The fraction of sp³-hybridized carbons (Fsp3) is 0.387. The summed E-state index contributed by atoms with van der Waals surface area (Å²) in [5.41, 5.74) is 33.0. The average molecular weight is 1740 g/mol. The van der Waals surface area contributed by atoms with Crippen LogP contribution in [0.15, 0.2) is 133 Å². The lowest BCUT2D eigenvalue weighted by Crippen LogP contribution is -2.16. The van der Waals surface area contributed by atoms with Crippen molar-refractivity contribution >= 4 is 207 Å². The number of hydrogen-bond donors (Lipinski definition) is 4. The first-order valence-electron chi connectivity index (χ1n) is 48.7. The zero-order valence-electron chi connectivity index (χ0n) is 85.5. The predicted octanol–water partition coefficient (Wildman–Crippen LogP) is 35.7. The second-order valence-corrected chi connectivity index (χ2v) is 52.9. The molecule has 0 unspecified atom stereocenters. The van der Waals surface area contributed by atoms with Crippen molar-refractivity contribution in [3.63, 3.8) is 0 Å². The van der Waals surface area contributed by atoms with Gasteiger partial charge in [0.1, 0.15) is 0 Å². The molecule has 670 valence electrons. The zero-order valence-corrected chi connectivity index (χ0v) is 85.5. The third kappa shape index (κ3) is 12.6. The Bertz CT molecular complexity index is 7870. The van der Waals surface area contributed by atoms with Crippen LogP contribution in [-0.4, -0.2) is 39.9 Å². The van der Waals surface area contributed by atoms with Crippen molar-refractivity contribution in [3.05, 3.63) is 200 Å². The minimum absolute atomic E-state index is 0.182. The Kier molecular flexibility index (Phi) is 17.1. The number of H-pyrrole nitrogens is 4. The maximum atomic E-state index is 6.52. The molecule has 0 saturated heterocycles. The van der Waals surface area contributed by atoms with Crippen LogP contribution in [-0.2, 0) is 65.0 Å². The number of nitrogens with zero attached hydrogens (tertiary/aromatic N) is 4. The molecular formula is C124H134N8. The first kappa shape index (κ1) is 86.0. The van der Waals surface area contributed by atoms with E-state index in [4.69, 9.17) is 19.9 Å². The third-order valence-electron chi connectivity index (χ3n) is 30.5. The molecular weight excluding hydrogens is 1600 g/mol. The number of benzene rings is 8. The van der Waals surface area contributed by atoms with E-state index < -0.39 is 0 Å². The summed E-state index contributed by atoms with van der Waals surface area (Å²) < 4.78 is 0. The van der Waals surface area contributed by atoms with E-state index >= 15 is 0 Å². The van der Waals surface area contributed by atoms with Gasteiger partial charge >= 0.3 is 0 Å². The highest BCUT2D eigenvalue weighted by Gasteiger charge is 2.38. The van der Waals surface area contributed by atoms with Gasteiger partial charge in [0.25, 0.3) is 0 Å². The summed E-state index contributed by atoms with van der Waals surface area (Å²) in [6.45, 7) is 85.8. The van der Waals surface area contributed by atoms with Gasteiger partial charge in [-0.15, -0.1) is 0 Å². The average Bonchev–Trinajstić information content (AvgIpc) is 1.51. The van der Waals surface area contributed by atoms with Crippen LogP contribution >= 0.6 is 0 Å². The molecule has 0 amide bonds. The number of aromatic amines is 4. The Hall–Kier alpha value is -11.5. The van der Waals surface area contributed by atoms with E-state index in [2.05, 4.69) is 403 Å². The molecule has 0 spiro atoms. The molecule has 16 bridgehead atoms. The van der Waals surface area contributed by atoms with Crippen molar-refractivity contribution in [1.82, 2.24) is 39.9 Å². The molecule has 12 aromatic carbocycles. The van der Waals surface area contributed by atoms with E-state index in [0.717, 1.165) is 175 Å². The molecule has 0 aliphatic heterocycles. The number of rotatable bonds is 2. The molecule has 8 heteroatoms. The summed E-state index contributed by atoms with van der Waals surface area (Å²) >= 11 is 0. The fourth-order valence-electron chi connectivity index (χ4n) is 22.8. The first-order chi connectivity index (χ1) is 61.0. The van der Waals surface area contributed by atoms with Gasteiger partial charge in [-0.2, -0.15) is 0 Å². The van der Waals surface area contributed by atoms with E-state index in [-0.39, 0.29) is 65.0 Å².